The monoisotopic (exact) mass is 283 g/mol. The van der Waals surface area contributed by atoms with Crippen LogP contribution < -0.4 is 5.32 Å². The largest absolute Gasteiger partial charge is 0.384 e. The maximum absolute atomic E-state index is 12.3. The van der Waals surface area contributed by atoms with E-state index in [1.165, 1.54) is 0 Å². The van der Waals surface area contributed by atoms with Crippen molar-refractivity contribution in [3.8, 4) is 0 Å². The third-order valence-corrected chi connectivity index (χ3v) is 4.61. The molecule has 1 heterocycles. The molecule has 0 atom stereocenters. The third-order valence-electron chi connectivity index (χ3n) is 3.87. The van der Waals surface area contributed by atoms with Crippen LogP contribution in [-0.2, 0) is 23.1 Å². The molecule has 0 radical (unpaired) electrons. The Kier molecular flexibility index (Phi) is 4.52. The van der Waals surface area contributed by atoms with Crippen molar-refractivity contribution in [3.05, 3.63) is 11.9 Å². The number of thioether (sulfide) groups is 1. The Morgan fingerprint density at radius 1 is 1.63 bits per heavy atom. The van der Waals surface area contributed by atoms with Crippen LogP contribution in [0.2, 0.25) is 0 Å². The van der Waals surface area contributed by atoms with E-state index in [0.29, 0.717) is 13.2 Å². The molecule has 0 aliphatic heterocycles. The normalized spacial score (nSPS) is 17.0. The molecular formula is C13H21N3O2S. The van der Waals surface area contributed by atoms with Crippen LogP contribution in [0.15, 0.2) is 11.4 Å². The highest BCUT2D eigenvalue weighted by Crippen LogP contribution is 2.41. The van der Waals surface area contributed by atoms with Gasteiger partial charge in [-0.05, 0) is 19.1 Å². The molecule has 1 N–H and O–H groups in total. The Labute approximate surface area is 118 Å². The molecule has 1 fully saturated rings. The number of aromatic nitrogens is 2. The fourth-order valence-corrected chi connectivity index (χ4v) is 3.00. The molecule has 1 aromatic rings. The smallest absolute Gasteiger partial charge is 0.228 e. The maximum Gasteiger partial charge on any atom is 0.228 e. The molecule has 0 unspecified atom stereocenters. The van der Waals surface area contributed by atoms with Gasteiger partial charge in [0.25, 0.3) is 0 Å². The quantitative estimate of drug-likeness (QED) is 0.805. The second kappa shape index (κ2) is 5.96. The number of amides is 1. The van der Waals surface area contributed by atoms with Gasteiger partial charge in [0.1, 0.15) is 0 Å². The highest BCUT2D eigenvalue weighted by Gasteiger charge is 2.44. The molecule has 106 valence electrons. The number of rotatable bonds is 6. The average molecular weight is 283 g/mol. The lowest BCUT2D eigenvalue weighted by molar-refractivity contribution is -0.140. The molecule has 0 bridgehead atoms. The van der Waals surface area contributed by atoms with Crippen LogP contribution in [0.4, 0.5) is 0 Å². The van der Waals surface area contributed by atoms with Crippen LogP contribution in [0, 0.1) is 5.41 Å². The zero-order valence-electron chi connectivity index (χ0n) is 11.7. The van der Waals surface area contributed by atoms with E-state index in [9.17, 15) is 4.79 Å². The number of imidazole rings is 1. The summed E-state index contributed by atoms with van der Waals surface area (Å²) in [6.45, 7) is 1.04. The van der Waals surface area contributed by atoms with Gasteiger partial charge in [-0.2, -0.15) is 0 Å². The van der Waals surface area contributed by atoms with E-state index in [2.05, 4.69) is 10.3 Å². The van der Waals surface area contributed by atoms with Gasteiger partial charge in [-0.1, -0.05) is 18.2 Å². The summed E-state index contributed by atoms with van der Waals surface area (Å²) in [4.78, 5) is 16.6. The molecule has 1 saturated carbocycles. The van der Waals surface area contributed by atoms with E-state index in [4.69, 9.17) is 4.74 Å². The summed E-state index contributed by atoms with van der Waals surface area (Å²) in [6.07, 6.45) is 6.77. The van der Waals surface area contributed by atoms with Crippen LogP contribution in [0.5, 0.6) is 0 Å². The molecule has 2 rings (SSSR count). The molecule has 5 nitrogen and oxygen atoms in total. The zero-order chi connectivity index (χ0) is 13.9. The lowest BCUT2D eigenvalue weighted by Gasteiger charge is -2.39. The Morgan fingerprint density at radius 2 is 2.37 bits per heavy atom. The molecule has 6 heteroatoms. The molecule has 19 heavy (non-hydrogen) atoms. The molecule has 0 saturated heterocycles. The predicted molar refractivity (Wildman–Crippen MR) is 75.0 cm³/mol. The van der Waals surface area contributed by atoms with Gasteiger partial charge < -0.3 is 14.6 Å². The zero-order valence-corrected chi connectivity index (χ0v) is 12.5. The summed E-state index contributed by atoms with van der Waals surface area (Å²) in [7, 11) is 3.62. The number of carbonyl (C=O) groups excluding carboxylic acids is 1. The maximum atomic E-state index is 12.3. The molecule has 0 spiro atoms. The number of hydrogen-bond acceptors (Lipinski definition) is 4. The van der Waals surface area contributed by atoms with Crippen LogP contribution in [0.25, 0.3) is 0 Å². The second-order valence-electron chi connectivity index (χ2n) is 5.04. The van der Waals surface area contributed by atoms with Gasteiger partial charge >= 0.3 is 0 Å². The molecule has 1 aromatic heterocycles. The SMILES string of the molecule is COCC1(C(=O)NCc2cnc(SC)n2C)CCC1. The average Bonchev–Trinajstić information content (AvgIpc) is 2.71. The highest BCUT2D eigenvalue weighted by molar-refractivity contribution is 7.98. The van der Waals surface area contributed by atoms with Crippen LogP contribution in [0.3, 0.4) is 0 Å². The first kappa shape index (κ1) is 14.4. The van der Waals surface area contributed by atoms with Crippen LogP contribution in [-0.4, -0.2) is 35.4 Å². The Morgan fingerprint density at radius 3 is 2.84 bits per heavy atom. The Hall–Kier alpha value is -1.01. The minimum absolute atomic E-state index is 0.104. The first-order valence-corrected chi connectivity index (χ1v) is 7.67. The van der Waals surface area contributed by atoms with E-state index in [1.54, 1.807) is 18.9 Å². The summed E-state index contributed by atoms with van der Waals surface area (Å²) in [5.74, 6) is 0.104. The minimum Gasteiger partial charge on any atom is -0.384 e. The van der Waals surface area contributed by atoms with Crippen molar-refractivity contribution in [3.63, 3.8) is 0 Å². The van der Waals surface area contributed by atoms with Crippen molar-refractivity contribution in [1.29, 1.82) is 0 Å². The van der Waals surface area contributed by atoms with Gasteiger partial charge in [0, 0.05) is 14.2 Å². The fraction of sp³-hybridized carbons (Fsp3) is 0.692. The number of hydrogen-bond donors (Lipinski definition) is 1. The third kappa shape index (κ3) is 2.79. The summed E-state index contributed by atoms with van der Waals surface area (Å²) in [6, 6.07) is 0. The Balaban J connectivity index is 1.94. The molecule has 1 aliphatic rings. The van der Waals surface area contributed by atoms with Gasteiger partial charge in [-0.3, -0.25) is 4.79 Å². The Bertz CT molecular complexity index is 455. The van der Waals surface area contributed by atoms with Gasteiger partial charge in [0.2, 0.25) is 5.91 Å². The predicted octanol–water partition coefficient (Wildman–Crippen LogP) is 1.57. The summed E-state index contributed by atoms with van der Waals surface area (Å²) in [5, 5.41) is 3.97. The van der Waals surface area contributed by atoms with Crippen molar-refractivity contribution in [2.75, 3.05) is 20.0 Å². The van der Waals surface area contributed by atoms with E-state index in [-0.39, 0.29) is 11.3 Å². The molecular weight excluding hydrogens is 262 g/mol. The number of nitrogens with zero attached hydrogens (tertiary/aromatic N) is 2. The fourth-order valence-electron chi connectivity index (χ4n) is 2.45. The summed E-state index contributed by atoms with van der Waals surface area (Å²) in [5.41, 5.74) is 0.722. The second-order valence-corrected chi connectivity index (χ2v) is 5.82. The number of ether oxygens (including phenoxy) is 1. The first-order chi connectivity index (χ1) is 9.13. The van der Waals surface area contributed by atoms with Crippen LogP contribution >= 0.6 is 11.8 Å². The van der Waals surface area contributed by atoms with Crippen molar-refractivity contribution < 1.29 is 9.53 Å². The first-order valence-electron chi connectivity index (χ1n) is 6.45. The van der Waals surface area contributed by atoms with Gasteiger partial charge in [-0.25, -0.2) is 4.98 Å². The molecule has 1 amide bonds. The number of methoxy groups -OCH3 is 1. The van der Waals surface area contributed by atoms with Crippen molar-refractivity contribution in [2.24, 2.45) is 12.5 Å². The summed E-state index contributed by atoms with van der Waals surface area (Å²) < 4.78 is 7.19. The number of nitrogens with one attached hydrogen (secondary N) is 1. The minimum atomic E-state index is -0.296. The number of carbonyl (C=O) groups is 1. The van der Waals surface area contributed by atoms with E-state index in [1.807, 2.05) is 24.1 Å². The van der Waals surface area contributed by atoms with Gasteiger partial charge in [0.15, 0.2) is 5.16 Å². The standard InChI is InChI=1S/C13H21N3O2S/c1-16-10(8-15-12(16)19-3)7-14-11(17)13(9-18-2)5-4-6-13/h8H,4-7,9H2,1-3H3,(H,14,17). The summed E-state index contributed by atoms with van der Waals surface area (Å²) >= 11 is 1.60. The van der Waals surface area contributed by atoms with Crippen LogP contribution in [0.1, 0.15) is 25.0 Å². The molecule has 0 aromatic carbocycles. The van der Waals surface area contributed by atoms with Crippen molar-refractivity contribution in [2.45, 2.75) is 31.0 Å². The molecule has 1 aliphatic carbocycles. The van der Waals surface area contributed by atoms with Crippen molar-refractivity contribution >= 4 is 17.7 Å². The highest BCUT2D eigenvalue weighted by atomic mass is 32.2. The van der Waals surface area contributed by atoms with Gasteiger partial charge in [0.05, 0.1) is 30.5 Å². The lowest BCUT2D eigenvalue weighted by Crippen LogP contribution is -2.48. The van der Waals surface area contributed by atoms with E-state index < -0.39 is 0 Å². The van der Waals surface area contributed by atoms with E-state index in [0.717, 1.165) is 30.1 Å². The van der Waals surface area contributed by atoms with E-state index >= 15 is 0 Å². The topological polar surface area (TPSA) is 56.1 Å². The van der Waals surface area contributed by atoms with Gasteiger partial charge in [-0.15, -0.1) is 0 Å². The lowest BCUT2D eigenvalue weighted by atomic mass is 9.68. The van der Waals surface area contributed by atoms with Crippen molar-refractivity contribution in [1.82, 2.24) is 14.9 Å².